The summed E-state index contributed by atoms with van der Waals surface area (Å²) in [7, 11) is 3.71. The Labute approximate surface area is 169 Å². The van der Waals surface area contributed by atoms with Gasteiger partial charge in [-0.1, -0.05) is 19.8 Å². The number of benzene rings is 1. The van der Waals surface area contributed by atoms with Crippen LogP contribution in [0.1, 0.15) is 58.1 Å². The lowest BCUT2D eigenvalue weighted by atomic mass is 10.1. The van der Waals surface area contributed by atoms with Gasteiger partial charge in [-0.3, -0.25) is 4.99 Å². The Balaban J connectivity index is 2.24. The van der Waals surface area contributed by atoms with E-state index in [9.17, 15) is 0 Å². The van der Waals surface area contributed by atoms with E-state index in [-0.39, 0.29) is 6.10 Å². The number of guanidine groups is 1. The minimum Gasteiger partial charge on any atom is -0.491 e. The first-order valence-electron chi connectivity index (χ1n) is 10.2. The second-order valence-corrected chi connectivity index (χ2v) is 7.42. The molecule has 1 aromatic carbocycles. The maximum absolute atomic E-state index is 5.96. The average Bonchev–Trinajstić information content (AvgIpc) is 3.04. The first-order chi connectivity index (χ1) is 13.4. The molecule has 0 spiro atoms. The summed E-state index contributed by atoms with van der Waals surface area (Å²) in [5.74, 6) is 1.69. The van der Waals surface area contributed by atoms with Crippen LogP contribution in [0.15, 0.2) is 28.4 Å². The quantitative estimate of drug-likeness (QED) is 0.300. The summed E-state index contributed by atoms with van der Waals surface area (Å²) in [5.41, 5.74) is 4.20. The van der Waals surface area contributed by atoms with Gasteiger partial charge in [-0.25, -0.2) is 5.01 Å². The summed E-state index contributed by atoms with van der Waals surface area (Å²) in [4.78, 5) is 7.69. The second kappa shape index (κ2) is 10.2. The van der Waals surface area contributed by atoms with Crippen molar-refractivity contribution in [2.24, 2.45) is 10.1 Å². The molecule has 28 heavy (non-hydrogen) atoms. The molecule has 0 aliphatic heterocycles. The lowest BCUT2D eigenvalue weighted by Crippen LogP contribution is -2.36. The Bertz CT molecular complexity index is 835. The highest BCUT2D eigenvalue weighted by Crippen LogP contribution is 2.28. The number of unbranched alkanes of at least 4 members (excludes halogenated alkanes) is 2. The Morgan fingerprint density at radius 1 is 1.29 bits per heavy atom. The molecule has 1 aromatic heterocycles. The van der Waals surface area contributed by atoms with Gasteiger partial charge < -0.3 is 15.0 Å². The molecule has 0 atom stereocenters. The van der Waals surface area contributed by atoms with Crippen molar-refractivity contribution in [2.45, 2.75) is 60.0 Å². The number of H-pyrrole nitrogens is 1. The van der Waals surface area contributed by atoms with Crippen molar-refractivity contribution >= 4 is 22.6 Å². The summed E-state index contributed by atoms with van der Waals surface area (Å²) >= 11 is 0. The molecule has 0 radical (unpaired) electrons. The molecule has 0 amide bonds. The van der Waals surface area contributed by atoms with E-state index in [1.807, 2.05) is 34.0 Å². The van der Waals surface area contributed by atoms with Gasteiger partial charge in [0.25, 0.3) is 0 Å². The first-order valence-corrected chi connectivity index (χ1v) is 10.2. The Kier molecular flexibility index (Phi) is 7.91. The van der Waals surface area contributed by atoms with Gasteiger partial charge in [0, 0.05) is 43.3 Å². The smallest absolute Gasteiger partial charge is 0.214 e. The summed E-state index contributed by atoms with van der Waals surface area (Å²) in [6.45, 7) is 11.3. The Hall–Kier alpha value is -2.50. The monoisotopic (exact) mass is 385 g/mol. The van der Waals surface area contributed by atoms with Crippen LogP contribution in [-0.2, 0) is 0 Å². The molecule has 0 saturated carbocycles. The zero-order valence-electron chi connectivity index (χ0n) is 18.4. The van der Waals surface area contributed by atoms with Gasteiger partial charge in [-0.05, 0) is 51.8 Å². The van der Waals surface area contributed by atoms with Crippen molar-refractivity contribution in [2.75, 3.05) is 20.6 Å². The van der Waals surface area contributed by atoms with E-state index in [1.54, 1.807) is 12.1 Å². The largest absolute Gasteiger partial charge is 0.491 e. The summed E-state index contributed by atoms with van der Waals surface area (Å²) in [5, 5.41) is 11.0. The lowest BCUT2D eigenvalue weighted by Gasteiger charge is -2.18. The number of fused-ring (bicyclic) bond motifs is 1. The molecular weight excluding hydrogens is 350 g/mol. The molecule has 0 saturated heterocycles. The molecule has 2 rings (SSSR count). The molecule has 6 nitrogen and oxygen atoms in total. The Morgan fingerprint density at radius 2 is 2.04 bits per heavy atom. The molecule has 0 bridgehead atoms. The fourth-order valence-corrected chi connectivity index (χ4v) is 3.18. The van der Waals surface area contributed by atoms with Gasteiger partial charge in [0.15, 0.2) is 0 Å². The van der Waals surface area contributed by atoms with Gasteiger partial charge in [-0.2, -0.15) is 5.10 Å². The number of aromatic amines is 1. The molecule has 1 heterocycles. The van der Waals surface area contributed by atoms with Crippen molar-refractivity contribution in [3.8, 4) is 5.75 Å². The number of ether oxygens (including phenoxy) is 1. The van der Waals surface area contributed by atoms with Crippen molar-refractivity contribution in [1.82, 2.24) is 15.3 Å². The fourth-order valence-electron chi connectivity index (χ4n) is 3.18. The third-order valence-electron chi connectivity index (χ3n) is 4.61. The highest BCUT2D eigenvalue weighted by atomic mass is 16.5. The standard InChI is InChI=1S/C22H35N5O/c1-8-9-10-11-24-22(23-6)27(7)26-17(5)19-14-25-20-12-16(4)21(13-18(19)20)28-15(2)3/h12-15,25H,8-11H2,1-7H3,(H,23,24)/b26-17+. The van der Waals surface area contributed by atoms with Gasteiger partial charge in [0.2, 0.25) is 5.96 Å². The summed E-state index contributed by atoms with van der Waals surface area (Å²) in [6.07, 6.45) is 5.70. The van der Waals surface area contributed by atoms with Crippen LogP contribution in [0.4, 0.5) is 0 Å². The van der Waals surface area contributed by atoms with Crippen LogP contribution in [0, 0.1) is 6.92 Å². The number of hydrogen-bond acceptors (Lipinski definition) is 3. The van der Waals surface area contributed by atoms with Crippen LogP contribution < -0.4 is 10.1 Å². The Morgan fingerprint density at radius 3 is 2.68 bits per heavy atom. The molecule has 2 aromatic rings. The van der Waals surface area contributed by atoms with Crippen molar-refractivity contribution in [3.63, 3.8) is 0 Å². The van der Waals surface area contributed by atoms with Crippen LogP contribution in [0.25, 0.3) is 10.9 Å². The SMILES string of the molecule is CCCCCNC(=NC)N(C)/N=C(\C)c1c[nH]c2cc(C)c(OC(C)C)cc12. The highest BCUT2D eigenvalue weighted by Gasteiger charge is 2.13. The normalized spacial score (nSPS) is 12.7. The molecule has 154 valence electrons. The third kappa shape index (κ3) is 5.50. The number of hydrogen-bond donors (Lipinski definition) is 2. The van der Waals surface area contributed by atoms with Gasteiger partial charge in [0.1, 0.15) is 5.75 Å². The number of nitrogens with zero attached hydrogens (tertiary/aromatic N) is 3. The predicted octanol–water partition coefficient (Wildman–Crippen LogP) is 4.68. The predicted molar refractivity (Wildman–Crippen MR) is 120 cm³/mol. The molecule has 0 fully saturated rings. The van der Waals surface area contributed by atoms with Crippen molar-refractivity contribution in [3.05, 3.63) is 29.5 Å². The van der Waals surface area contributed by atoms with E-state index in [1.165, 1.54) is 12.8 Å². The lowest BCUT2D eigenvalue weighted by molar-refractivity contribution is 0.241. The summed E-state index contributed by atoms with van der Waals surface area (Å²) in [6, 6.07) is 4.23. The van der Waals surface area contributed by atoms with Crippen LogP contribution in [-0.4, -0.2) is 48.4 Å². The second-order valence-electron chi connectivity index (χ2n) is 7.42. The minimum atomic E-state index is 0.140. The third-order valence-corrected chi connectivity index (χ3v) is 4.61. The number of rotatable bonds is 8. The topological polar surface area (TPSA) is 65.0 Å². The van der Waals surface area contributed by atoms with Crippen LogP contribution in [0.3, 0.4) is 0 Å². The van der Waals surface area contributed by atoms with E-state index >= 15 is 0 Å². The van der Waals surface area contributed by atoms with Crippen molar-refractivity contribution in [1.29, 1.82) is 0 Å². The van der Waals surface area contributed by atoms with E-state index < -0.39 is 0 Å². The van der Waals surface area contributed by atoms with E-state index in [4.69, 9.17) is 9.84 Å². The van der Waals surface area contributed by atoms with Gasteiger partial charge in [0.05, 0.1) is 11.8 Å². The molecule has 0 aliphatic rings. The molecule has 2 N–H and O–H groups in total. The minimum absolute atomic E-state index is 0.140. The number of aryl methyl sites for hydroxylation is 1. The van der Waals surface area contributed by atoms with Crippen molar-refractivity contribution < 1.29 is 4.74 Å². The molecule has 0 unspecified atom stereocenters. The van der Waals surface area contributed by atoms with E-state index in [2.05, 4.69) is 41.3 Å². The van der Waals surface area contributed by atoms with Crippen LogP contribution in [0.2, 0.25) is 0 Å². The van der Waals surface area contributed by atoms with Gasteiger partial charge >= 0.3 is 0 Å². The maximum atomic E-state index is 5.96. The number of aliphatic imine (C=N–C) groups is 1. The molecular formula is C22H35N5O. The first kappa shape index (κ1) is 21.8. The summed E-state index contributed by atoms with van der Waals surface area (Å²) < 4.78 is 5.96. The zero-order chi connectivity index (χ0) is 20.7. The molecule has 0 aliphatic carbocycles. The number of hydrazone groups is 1. The number of nitrogens with one attached hydrogen (secondary N) is 2. The fraction of sp³-hybridized carbons (Fsp3) is 0.545. The van der Waals surface area contributed by atoms with E-state index in [0.29, 0.717) is 0 Å². The highest BCUT2D eigenvalue weighted by molar-refractivity contribution is 6.10. The maximum Gasteiger partial charge on any atom is 0.214 e. The average molecular weight is 386 g/mol. The van der Waals surface area contributed by atoms with Crippen LogP contribution >= 0.6 is 0 Å². The zero-order valence-corrected chi connectivity index (χ0v) is 18.4. The number of aromatic nitrogens is 1. The molecule has 6 heteroatoms. The van der Waals surface area contributed by atoms with E-state index in [0.717, 1.165) is 52.4 Å². The van der Waals surface area contributed by atoms with Gasteiger partial charge in [-0.15, -0.1) is 0 Å². The van der Waals surface area contributed by atoms with Crippen LogP contribution in [0.5, 0.6) is 5.75 Å².